The molecule has 0 aliphatic rings. The van der Waals surface area contributed by atoms with E-state index in [1.54, 1.807) is 11.8 Å². The molecule has 0 spiro atoms. The van der Waals surface area contributed by atoms with Gasteiger partial charge in [-0.15, -0.1) is 11.8 Å². The summed E-state index contributed by atoms with van der Waals surface area (Å²) in [6.45, 7) is 2.06. The van der Waals surface area contributed by atoms with Crippen molar-refractivity contribution in [2.75, 3.05) is 6.26 Å². The fourth-order valence-electron chi connectivity index (χ4n) is 2.02. The summed E-state index contributed by atoms with van der Waals surface area (Å²) < 4.78 is 5.97. The predicted octanol–water partition coefficient (Wildman–Crippen LogP) is 5.05. The van der Waals surface area contributed by atoms with Gasteiger partial charge in [0.05, 0.1) is 5.56 Å². The molecule has 0 aliphatic carbocycles. The summed E-state index contributed by atoms with van der Waals surface area (Å²) in [5, 5.41) is 0.747. The highest BCUT2D eigenvalue weighted by Crippen LogP contribution is 2.33. The summed E-state index contributed by atoms with van der Waals surface area (Å²) in [5.74, 6) is 1.39. The van der Waals surface area contributed by atoms with Crippen molar-refractivity contribution in [3.8, 4) is 11.5 Å². The predicted molar refractivity (Wildman–Crippen MR) is 95.0 cm³/mol. The summed E-state index contributed by atoms with van der Waals surface area (Å²) in [7, 11) is 0. The number of hydrogen-bond acceptors (Lipinski definition) is 3. The molecule has 0 fully saturated rings. The van der Waals surface area contributed by atoms with Gasteiger partial charge in [0.15, 0.2) is 0 Å². The van der Waals surface area contributed by atoms with Crippen LogP contribution in [-0.2, 0) is 6.42 Å². The van der Waals surface area contributed by atoms with E-state index in [0.29, 0.717) is 10.7 Å². The van der Waals surface area contributed by atoms with Crippen molar-refractivity contribution in [3.63, 3.8) is 0 Å². The Morgan fingerprint density at radius 2 is 2.10 bits per heavy atom. The molecule has 0 saturated heterocycles. The molecule has 110 valence electrons. The van der Waals surface area contributed by atoms with E-state index in [1.165, 1.54) is 0 Å². The van der Waals surface area contributed by atoms with E-state index in [2.05, 4.69) is 6.92 Å². The van der Waals surface area contributed by atoms with Gasteiger partial charge in [-0.3, -0.25) is 0 Å². The van der Waals surface area contributed by atoms with Crippen LogP contribution in [0.4, 0.5) is 0 Å². The molecule has 21 heavy (non-hydrogen) atoms. The van der Waals surface area contributed by atoms with E-state index in [4.69, 9.17) is 34.3 Å². The molecule has 0 atom stereocenters. The zero-order valence-corrected chi connectivity index (χ0v) is 14.2. The first-order chi connectivity index (χ1) is 10.1. The van der Waals surface area contributed by atoms with Crippen LogP contribution in [-0.4, -0.2) is 11.2 Å². The zero-order valence-electron chi connectivity index (χ0n) is 11.9. The van der Waals surface area contributed by atoms with Crippen LogP contribution < -0.4 is 10.5 Å². The molecule has 0 unspecified atom stereocenters. The standard InChI is InChI=1S/C16H16ClNOS2/c1-3-10-9-11(7-8-12(10)17)19-13-5-4-6-14(21-2)15(13)16(18)20/h4-9H,3H2,1-2H3,(H2,18,20). The topological polar surface area (TPSA) is 35.2 Å². The Labute approximate surface area is 139 Å². The molecule has 5 heteroatoms. The van der Waals surface area contributed by atoms with Crippen LogP contribution in [0.1, 0.15) is 18.1 Å². The number of benzene rings is 2. The average Bonchev–Trinajstić information content (AvgIpc) is 2.48. The second kappa shape index (κ2) is 7.16. The largest absolute Gasteiger partial charge is 0.457 e. The Balaban J connectivity index is 2.42. The third-order valence-corrected chi connectivity index (χ3v) is 4.43. The SMILES string of the molecule is CCc1cc(Oc2cccc(SC)c2C(N)=S)ccc1Cl. The number of hydrogen-bond donors (Lipinski definition) is 1. The molecule has 0 heterocycles. The summed E-state index contributed by atoms with van der Waals surface area (Å²) in [6.07, 6.45) is 2.83. The summed E-state index contributed by atoms with van der Waals surface area (Å²) >= 11 is 12.9. The molecule has 2 N–H and O–H groups in total. The number of thioether (sulfide) groups is 1. The Bertz CT molecular complexity index is 673. The van der Waals surface area contributed by atoms with Crippen molar-refractivity contribution < 1.29 is 4.74 Å². The van der Waals surface area contributed by atoms with Crippen LogP contribution in [0.2, 0.25) is 5.02 Å². The Morgan fingerprint density at radius 1 is 1.33 bits per heavy atom. The van der Waals surface area contributed by atoms with E-state index in [9.17, 15) is 0 Å². The Morgan fingerprint density at radius 3 is 2.71 bits per heavy atom. The maximum atomic E-state index is 6.13. The van der Waals surface area contributed by atoms with E-state index in [0.717, 1.165) is 33.2 Å². The molecule has 0 radical (unpaired) electrons. The monoisotopic (exact) mass is 337 g/mol. The third-order valence-electron chi connectivity index (χ3n) is 3.08. The maximum Gasteiger partial charge on any atom is 0.138 e. The lowest BCUT2D eigenvalue weighted by atomic mass is 10.1. The molecule has 2 aromatic rings. The Hall–Kier alpha value is -1.23. The lowest BCUT2D eigenvalue weighted by Crippen LogP contribution is -2.12. The van der Waals surface area contributed by atoms with Gasteiger partial charge in [-0.25, -0.2) is 0 Å². The molecule has 0 saturated carbocycles. The minimum absolute atomic E-state index is 0.333. The van der Waals surface area contributed by atoms with Gasteiger partial charge in [-0.2, -0.15) is 0 Å². The van der Waals surface area contributed by atoms with Gasteiger partial charge in [0.2, 0.25) is 0 Å². The minimum Gasteiger partial charge on any atom is -0.457 e. The first-order valence-corrected chi connectivity index (χ1v) is 8.51. The van der Waals surface area contributed by atoms with E-state index < -0.39 is 0 Å². The zero-order chi connectivity index (χ0) is 15.4. The van der Waals surface area contributed by atoms with Crippen molar-refractivity contribution in [2.24, 2.45) is 5.73 Å². The smallest absolute Gasteiger partial charge is 0.138 e. The second-order valence-electron chi connectivity index (χ2n) is 4.41. The highest BCUT2D eigenvalue weighted by molar-refractivity contribution is 7.98. The van der Waals surface area contributed by atoms with Crippen molar-refractivity contribution in [1.29, 1.82) is 0 Å². The first kappa shape index (κ1) is 16.1. The molecule has 2 rings (SSSR count). The van der Waals surface area contributed by atoms with Crippen LogP contribution in [0.15, 0.2) is 41.3 Å². The van der Waals surface area contributed by atoms with Crippen LogP contribution >= 0.6 is 35.6 Å². The van der Waals surface area contributed by atoms with Crippen molar-refractivity contribution in [1.82, 2.24) is 0 Å². The van der Waals surface area contributed by atoms with Crippen LogP contribution in [0.25, 0.3) is 0 Å². The van der Waals surface area contributed by atoms with Gasteiger partial charge in [0, 0.05) is 9.92 Å². The van der Waals surface area contributed by atoms with Gasteiger partial charge in [-0.1, -0.05) is 36.8 Å². The summed E-state index contributed by atoms with van der Waals surface area (Å²) in [6, 6.07) is 11.4. The van der Waals surface area contributed by atoms with E-state index in [-0.39, 0.29) is 0 Å². The van der Waals surface area contributed by atoms with Crippen LogP contribution in [0, 0.1) is 0 Å². The van der Waals surface area contributed by atoms with Gasteiger partial charge < -0.3 is 10.5 Å². The van der Waals surface area contributed by atoms with Crippen molar-refractivity contribution in [2.45, 2.75) is 18.2 Å². The second-order valence-corrected chi connectivity index (χ2v) is 6.10. The molecular weight excluding hydrogens is 322 g/mol. The van der Waals surface area contributed by atoms with E-state index >= 15 is 0 Å². The van der Waals surface area contributed by atoms with Gasteiger partial charge in [-0.05, 0) is 48.6 Å². The quantitative estimate of drug-likeness (QED) is 0.611. The highest BCUT2D eigenvalue weighted by Gasteiger charge is 2.13. The first-order valence-electron chi connectivity index (χ1n) is 6.50. The lowest BCUT2D eigenvalue weighted by Gasteiger charge is -2.14. The molecule has 0 aliphatic heterocycles. The Kier molecular flexibility index (Phi) is 5.51. The number of ether oxygens (including phenoxy) is 1. The number of thiocarbonyl (C=S) groups is 1. The van der Waals surface area contributed by atoms with Crippen molar-refractivity contribution >= 4 is 40.6 Å². The fourth-order valence-corrected chi connectivity index (χ4v) is 3.18. The van der Waals surface area contributed by atoms with Crippen molar-refractivity contribution in [3.05, 3.63) is 52.5 Å². The normalized spacial score (nSPS) is 10.4. The van der Waals surface area contributed by atoms with Gasteiger partial charge in [0.1, 0.15) is 16.5 Å². The fraction of sp³-hybridized carbons (Fsp3) is 0.188. The third kappa shape index (κ3) is 3.70. The number of aryl methyl sites for hydroxylation is 1. The van der Waals surface area contributed by atoms with Crippen LogP contribution in [0.3, 0.4) is 0 Å². The van der Waals surface area contributed by atoms with Gasteiger partial charge >= 0.3 is 0 Å². The lowest BCUT2D eigenvalue weighted by molar-refractivity contribution is 0.479. The molecule has 0 bridgehead atoms. The number of nitrogens with two attached hydrogens (primary N) is 1. The molecule has 2 aromatic carbocycles. The van der Waals surface area contributed by atoms with Crippen LogP contribution in [0.5, 0.6) is 11.5 Å². The average molecular weight is 338 g/mol. The summed E-state index contributed by atoms with van der Waals surface area (Å²) in [5.41, 5.74) is 7.66. The molecule has 0 amide bonds. The van der Waals surface area contributed by atoms with E-state index in [1.807, 2.05) is 42.7 Å². The minimum atomic E-state index is 0.333. The summed E-state index contributed by atoms with van der Waals surface area (Å²) in [4.78, 5) is 1.34. The molecule has 2 nitrogen and oxygen atoms in total. The number of halogens is 1. The number of rotatable bonds is 5. The maximum absolute atomic E-state index is 6.13. The highest BCUT2D eigenvalue weighted by atomic mass is 35.5. The molecular formula is C16H16ClNOS2. The molecule has 0 aromatic heterocycles. The van der Waals surface area contributed by atoms with Gasteiger partial charge in [0.25, 0.3) is 0 Å².